The van der Waals surface area contributed by atoms with Gasteiger partial charge in [-0.1, -0.05) is 0 Å². The Balaban J connectivity index is 2.02. The largest absolute Gasteiger partial charge is 0.443 e. The number of hydrogen-bond donors (Lipinski definition) is 2. The van der Waals surface area contributed by atoms with Gasteiger partial charge in [-0.25, -0.2) is 4.79 Å². The smallest absolute Gasteiger partial charge is 0.407 e. The van der Waals surface area contributed by atoms with Crippen LogP contribution in [0, 0.1) is 0 Å². The van der Waals surface area contributed by atoms with Crippen LogP contribution in [-0.4, -0.2) is 30.8 Å². The molecule has 2 aliphatic rings. The van der Waals surface area contributed by atoms with Gasteiger partial charge in [0.05, 0.1) is 6.04 Å². The maximum atomic E-state index is 10.8. The van der Waals surface area contributed by atoms with Gasteiger partial charge in [0.25, 0.3) is 0 Å². The fourth-order valence-corrected chi connectivity index (χ4v) is 1.67. The van der Waals surface area contributed by atoms with Crippen molar-refractivity contribution >= 4 is 6.09 Å². The second kappa shape index (κ2) is 2.37. The first-order valence-corrected chi connectivity index (χ1v) is 3.96. The van der Waals surface area contributed by atoms with E-state index in [1.807, 2.05) is 0 Å². The highest BCUT2D eigenvalue weighted by Gasteiger charge is 2.37. The van der Waals surface area contributed by atoms with E-state index in [1.165, 1.54) is 0 Å². The minimum Gasteiger partial charge on any atom is -0.443 e. The molecule has 2 rings (SSSR count). The highest BCUT2D eigenvalue weighted by molar-refractivity contribution is 5.70. The van der Waals surface area contributed by atoms with Crippen LogP contribution in [0.4, 0.5) is 4.79 Å². The average molecular weight is 156 g/mol. The Bertz CT molecular complexity index is 183. The predicted octanol–water partition coefficient (Wildman–Crippen LogP) is -0.155. The van der Waals surface area contributed by atoms with E-state index in [1.54, 1.807) is 0 Å². The third kappa shape index (κ3) is 1.18. The van der Waals surface area contributed by atoms with Crippen molar-refractivity contribution in [3.63, 3.8) is 0 Å². The van der Waals surface area contributed by atoms with E-state index in [9.17, 15) is 4.79 Å². The Labute approximate surface area is 65.3 Å². The van der Waals surface area contributed by atoms with Crippen LogP contribution in [0.1, 0.15) is 13.3 Å². The first-order chi connectivity index (χ1) is 5.25. The van der Waals surface area contributed by atoms with Gasteiger partial charge in [-0.05, 0) is 13.3 Å². The zero-order chi connectivity index (χ0) is 7.84. The summed E-state index contributed by atoms with van der Waals surface area (Å²) in [5, 5.41) is 6.04. The first kappa shape index (κ1) is 6.91. The number of carbonyl (C=O) groups is 1. The Morgan fingerprint density at radius 3 is 3.27 bits per heavy atom. The molecular weight excluding hydrogens is 144 g/mol. The summed E-state index contributed by atoms with van der Waals surface area (Å²) < 4.78 is 5.00. The summed E-state index contributed by atoms with van der Waals surface area (Å²) in [6.45, 7) is 2.89. The average Bonchev–Trinajstić information content (AvgIpc) is 2.27. The molecule has 0 radical (unpaired) electrons. The molecule has 2 aliphatic heterocycles. The molecule has 62 valence electrons. The molecule has 2 N–H and O–H groups in total. The predicted molar refractivity (Wildman–Crippen MR) is 39.3 cm³/mol. The lowest BCUT2D eigenvalue weighted by Crippen LogP contribution is -2.49. The van der Waals surface area contributed by atoms with Gasteiger partial charge in [-0.15, -0.1) is 0 Å². The van der Waals surface area contributed by atoms with E-state index in [-0.39, 0.29) is 18.2 Å². The van der Waals surface area contributed by atoms with E-state index in [0.29, 0.717) is 6.04 Å². The minimum atomic E-state index is -0.268. The summed E-state index contributed by atoms with van der Waals surface area (Å²) in [5.41, 5.74) is 0. The van der Waals surface area contributed by atoms with Crippen LogP contribution >= 0.6 is 0 Å². The quantitative estimate of drug-likeness (QED) is 0.512. The highest BCUT2D eigenvalue weighted by Crippen LogP contribution is 2.17. The molecule has 3 atom stereocenters. The Morgan fingerprint density at radius 2 is 2.45 bits per heavy atom. The topological polar surface area (TPSA) is 50.4 Å². The first-order valence-electron chi connectivity index (χ1n) is 3.96. The Morgan fingerprint density at radius 1 is 1.64 bits per heavy atom. The number of nitrogens with one attached hydrogen (secondary N) is 2. The van der Waals surface area contributed by atoms with Gasteiger partial charge in [-0.3, -0.25) is 0 Å². The van der Waals surface area contributed by atoms with Crippen molar-refractivity contribution < 1.29 is 9.53 Å². The van der Waals surface area contributed by atoms with Crippen molar-refractivity contribution in [2.24, 2.45) is 0 Å². The van der Waals surface area contributed by atoms with Crippen molar-refractivity contribution in [2.75, 3.05) is 6.54 Å². The summed E-state index contributed by atoms with van der Waals surface area (Å²) in [6, 6.07) is 0.719. The SMILES string of the molecule is CC1CC2NC(=O)OC2CN1. The Hall–Kier alpha value is -0.770. The number of fused-ring (bicyclic) bond motifs is 1. The van der Waals surface area contributed by atoms with Crippen molar-refractivity contribution in [3.05, 3.63) is 0 Å². The molecule has 4 heteroatoms. The van der Waals surface area contributed by atoms with Gasteiger partial charge in [0.15, 0.2) is 0 Å². The number of piperidine rings is 1. The minimum absolute atomic E-state index is 0.0544. The normalized spacial score (nSPS) is 42.6. The van der Waals surface area contributed by atoms with Crippen LogP contribution in [0.15, 0.2) is 0 Å². The molecule has 0 bridgehead atoms. The molecule has 3 unspecified atom stereocenters. The molecule has 0 aromatic carbocycles. The van der Waals surface area contributed by atoms with E-state index < -0.39 is 0 Å². The molecule has 2 saturated heterocycles. The second-order valence-corrected chi connectivity index (χ2v) is 3.24. The van der Waals surface area contributed by atoms with Crippen molar-refractivity contribution in [2.45, 2.75) is 31.5 Å². The molecular formula is C7H12N2O2. The lowest BCUT2D eigenvalue weighted by molar-refractivity contribution is 0.114. The van der Waals surface area contributed by atoms with Crippen molar-refractivity contribution in [1.82, 2.24) is 10.6 Å². The van der Waals surface area contributed by atoms with Crippen LogP contribution in [0.3, 0.4) is 0 Å². The lowest BCUT2D eigenvalue weighted by Gasteiger charge is -2.28. The standard InChI is InChI=1S/C7H12N2O2/c1-4-2-5-6(3-8-4)11-7(10)9-5/h4-6,8H,2-3H2,1H3,(H,9,10). The fraction of sp³-hybridized carbons (Fsp3) is 0.857. The van der Waals surface area contributed by atoms with Crippen LogP contribution in [0.25, 0.3) is 0 Å². The summed E-state index contributed by atoms with van der Waals surface area (Å²) in [6.07, 6.45) is 0.755. The number of hydrogen-bond acceptors (Lipinski definition) is 3. The number of rotatable bonds is 0. The van der Waals surface area contributed by atoms with Gasteiger partial charge >= 0.3 is 6.09 Å². The van der Waals surface area contributed by atoms with E-state index in [0.717, 1.165) is 13.0 Å². The summed E-state index contributed by atoms with van der Waals surface area (Å²) >= 11 is 0. The zero-order valence-corrected chi connectivity index (χ0v) is 6.46. The Kier molecular flexibility index (Phi) is 1.49. The monoisotopic (exact) mass is 156 g/mol. The molecule has 0 aromatic rings. The molecule has 0 aromatic heterocycles. The van der Waals surface area contributed by atoms with E-state index in [2.05, 4.69) is 17.6 Å². The fourth-order valence-electron chi connectivity index (χ4n) is 1.67. The third-order valence-corrected chi connectivity index (χ3v) is 2.29. The maximum Gasteiger partial charge on any atom is 0.407 e. The van der Waals surface area contributed by atoms with Gasteiger partial charge in [0.1, 0.15) is 6.10 Å². The molecule has 11 heavy (non-hydrogen) atoms. The third-order valence-electron chi connectivity index (χ3n) is 2.29. The van der Waals surface area contributed by atoms with E-state index >= 15 is 0 Å². The van der Waals surface area contributed by atoms with Gasteiger partial charge in [-0.2, -0.15) is 0 Å². The lowest BCUT2D eigenvalue weighted by atomic mass is 9.99. The van der Waals surface area contributed by atoms with Crippen LogP contribution < -0.4 is 10.6 Å². The number of amides is 1. The zero-order valence-electron chi connectivity index (χ0n) is 6.46. The molecule has 2 fully saturated rings. The van der Waals surface area contributed by atoms with Crippen LogP contribution in [-0.2, 0) is 4.74 Å². The summed E-state index contributed by atoms with van der Waals surface area (Å²) in [4.78, 5) is 10.8. The highest BCUT2D eigenvalue weighted by atomic mass is 16.6. The second-order valence-electron chi connectivity index (χ2n) is 3.24. The van der Waals surface area contributed by atoms with Gasteiger partial charge in [0, 0.05) is 12.6 Å². The summed E-state index contributed by atoms with van der Waals surface area (Å²) in [5.74, 6) is 0. The number of ether oxygens (including phenoxy) is 1. The maximum absolute atomic E-state index is 10.8. The molecule has 1 amide bonds. The van der Waals surface area contributed by atoms with Crippen LogP contribution in [0.5, 0.6) is 0 Å². The molecule has 0 spiro atoms. The summed E-state index contributed by atoms with van der Waals surface area (Å²) in [7, 11) is 0. The number of carbonyl (C=O) groups excluding carboxylic acids is 1. The molecule has 0 aliphatic carbocycles. The van der Waals surface area contributed by atoms with Crippen molar-refractivity contribution in [1.29, 1.82) is 0 Å². The van der Waals surface area contributed by atoms with Gasteiger partial charge < -0.3 is 15.4 Å². The molecule has 4 nitrogen and oxygen atoms in total. The number of alkyl carbamates (subject to hydrolysis) is 1. The van der Waals surface area contributed by atoms with Gasteiger partial charge in [0.2, 0.25) is 0 Å². The van der Waals surface area contributed by atoms with Crippen LogP contribution in [0.2, 0.25) is 0 Å². The van der Waals surface area contributed by atoms with Crippen molar-refractivity contribution in [3.8, 4) is 0 Å². The molecule has 2 heterocycles. The van der Waals surface area contributed by atoms with E-state index in [4.69, 9.17) is 4.74 Å². The molecule has 0 saturated carbocycles.